The third-order valence-electron chi connectivity index (χ3n) is 3.49. The number of aromatic carboxylic acids is 1. The Bertz CT molecular complexity index is 533. The maximum absolute atomic E-state index is 13.2. The fourth-order valence-corrected chi connectivity index (χ4v) is 2.49. The normalized spacial score (nSPS) is 21.5. The lowest BCUT2D eigenvalue weighted by Crippen LogP contribution is -2.36. The summed E-state index contributed by atoms with van der Waals surface area (Å²) in [7, 11) is 0. The Morgan fingerprint density at radius 1 is 1.35 bits per heavy atom. The third-order valence-corrected chi connectivity index (χ3v) is 3.49. The fraction of sp³-hybridized carbons (Fsp3) is 0.429. The van der Waals surface area contributed by atoms with Crippen LogP contribution in [-0.4, -0.2) is 23.1 Å². The Morgan fingerprint density at radius 3 is 2.70 bits per heavy atom. The second kappa shape index (κ2) is 5.90. The highest BCUT2D eigenvalue weighted by atomic mass is 19.1. The molecule has 1 aliphatic carbocycles. The van der Waals surface area contributed by atoms with Crippen molar-refractivity contribution in [3.8, 4) is 0 Å². The average molecular weight is 280 g/mol. The van der Waals surface area contributed by atoms with Crippen molar-refractivity contribution < 1.29 is 19.1 Å². The van der Waals surface area contributed by atoms with Gasteiger partial charge in [-0.05, 0) is 43.4 Å². The highest BCUT2D eigenvalue weighted by Gasteiger charge is 2.23. The Hall–Kier alpha value is -2.11. The molecule has 2 unspecified atom stereocenters. The maximum Gasteiger partial charge on any atom is 0.337 e. The number of halogens is 1. The predicted octanol–water partition coefficient (Wildman–Crippen LogP) is 2.83. The zero-order valence-corrected chi connectivity index (χ0v) is 11.1. The quantitative estimate of drug-likeness (QED) is 0.796. The van der Waals surface area contributed by atoms with Crippen molar-refractivity contribution >= 4 is 17.7 Å². The van der Waals surface area contributed by atoms with Gasteiger partial charge >= 0.3 is 12.0 Å². The summed E-state index contributed by atoms with van der Waals surface area (Å²) in [4.78, 5) is 22.8. The number of hydrogen-bond donors (Lipinski definition) is 3. The lowest BCUT2D eigenvalue weighted by molar-refractivity contribution is 0.0698. The van der Waals surface area contributed by atoms with Gasteiger partial charge in [0.2, 0.25) is 0 Å². The van der Waals surface area contributed by atoms with Gasteiger partial charge in [-0.25, -0.2) is 14.0 Å². The summed E-state index contributed by atoms with van der Waals surface area (Å²) in [6, 6.07) is 2.76. The van der Waals surface area contributed by atoms with E-state index in [-0.39, 0.29) is 17.3 Å². The maximum atomic E-state index is 13.2. The number of rotatable bonds is 3. The van der Waals surface area contributed by atoms with Crippen LogP contribution in [0, 0.1) is 11.7 Å². The molecule has 1 saturated carbocycles. The number of anilines is 1. The first kappa shape index (κ1) is 14.3. The molecule has 0 saturated heterocycles. The number of nitrogens with one attached hydrogen (secondary N) is 2. The van der Waals surface area contributed by atoms with Crippen LogP contribution in [0.2, 0.25) is 0 Å². The van der Waals surface area contributed by atoms with Gasteiger partial charge in [-0.2, -0.15) is 0 Å². The molecule has 0 heterocycles. The molecule has 2 rings (SSSR count). The summed E-state index contributed by atoms with van der Waals surface area (Å²) in [6.45, 7) is 2.12. The first-order chi connectivity index (χ1) is 9.45. The minimum atomic E-state index is -1.21. The summed E-state index contributed by atoms with van der Waals surface area (Å²) in [5.41, 5.74) is -0.178. The van der Waals surface area contributed by atoms with Crippen LogP contribution in [0.25, 0.3) is 0 Å². The monoisotopic (exact) mass is 280 g/mol. The molecule has 0 spiro atoms. The van der Waals surface area contributed by atoms with Gasteiger partial charge in [0, 0.05) is 6.04 Å². The van der Waals surface area contributed by atoms with Gasteiger partial charge in [-0.3, -0.25) is 0 Å². The van der Waals surface area contributed by atoms with E-state index >= 15 is 0 Å². The summed E-state index contributed by atoms with van der Waals surface area (Å²) < 4.78 is 13.2. The van der Waals surface area contributed by atoms with E-state index in [2.05, 4.69) is 17.6 Å². The molecule has 2 atom stereocenters. The number of carbonyl (C=O) groups excluding carboxylic acids is 1. The molecule has 3 N–H and O–H groups in total. The van der Waals surface area contributed by atoms with E-state index in [1.165, 1.54) is 0 Å². The molecule has 1 aromatic carbocycles. The number of urea groups is 1. The number of carboxylic acids is 1. The second-order valence-corrected chi connectivity index (χ2v) is 5.21. The van der Waals surface area contributed by atoms with Crippen molar-refractivity contribution in [1.29, 1.82) is 0 Å². The van der Waals surface area contributed by atoms with Gasteiger partial charge in [0.1, 0.15) is 5.82 Å². The number of benzene rings is 1. The van der Waals surface area contributed by atoms with Crippen LogP contribution in [0.5, 0.6) is 0 Å². The van der Waals surface area contributed by atoms with Gasteiger partial charge < -0.3 is 15.7 Å². The summed E-state index contributed by atoms with van der Waals surface area (Å²) >= 11 is 0. The van der Waals surface area contributed by atoms with Crippen LogP contribution in [-0.2, 0) is 0 Å². The van der Waals surface area contributed by atoms with E-state index in [0.717, 1.165) is 37.5 Å². The first-order valence-corrected chi connectivity index (χ1v) is 6.56. The molecule has 1 fully saturated rings. The molecular weight excluding hydrogens is 263 g/mol. The smallest absolute Gasteiger partial charge is 0.337 e. The van der Waals surface area contributed by atoms with E-state index < -0.39 is 17.8 Å². The zero-order chi connectivity index (χ0) is 14.7. The van der Waals surface area contributed by atoms with Crippen molar-refractivity contribution in [1.82, 2.24) is 5.32 Å². The van der Waals surface area contributed by atoms with Gasteiger partial charge in [-0.1, -0.05) is 6.92 Å². The van der Waals surface area contributed by atoms with Crippen molar-refractivity contribution in [2.75, 3.05) is 5.32 Å². The van der Waals surface area contributed by atoms with Crippen LogP contribution < -0.4 is 10.6 Å². The number of carboxylic acid groups (broad SMARTS) is 1. The molecular formula is C14H17FN2O3. The summed E-state index contributed by atoms with van der Waals surface area (Å²) in [5.74, 6) is -1.24. The molecule has 1 aromatic rings. The van der Waals surface area contributed by atoms with E-state index in [9.17, 15) is 14.0 Å². The molecule has 2 amide bonds. The second-order valence-electron chi connectivity index (χ2n) is 5.21. The highest BCUT2D eigenvalue weighted by molar-refractivity contribution is 6.00. The van der Waals surface area contributed by atoms with Crippen LogP contribution in [0.4, 0.5) is 14.9 Å². The predicted molar refractivity (Wildman–Crippen MR) is 72.3 cm³/mol. The van der Waals surface area contributed by atoms with Gasteiger partial charge in [0.05, 0.1) is 11.3 Å². The molecule has 0 radical (unpaired) electrons. The first-order valence-electron chi connectivity index (χ1n) is 6.56. The Morgan fingerprint density at radius 2 is 2.10 bits per heavy atom. The molecule has 0 aromatic heterocycles. The van der Waals surface area contributed by atoms with E-state index in [1.54, 1.807) is 0 Å². The molecule has 1 aliphatic rings. The largest absolute Gasteiger partial charge is 0.478 e. The Labute approximate surface area is 116 Å². The lowest BCUT2D eigenvalue weighted by atomic mass is 10.1. The number of carbonyl (C=O) groups is 2. The van der Waals surface area contributed by atoms with E-state index in [0.29, 0.717) is 5.92 Å². The Kier molecular flexibility index (Phi) is 4.22. The molecule has 0 bridgehead atoms. The van der Waals surface area contributed by atoms with Crippen LogP contribution in [0.3, 0.4) is 0 Å². The molecule has 20 heavy (non-hydrogen) atoms. The van der Waals surface area contributed by atoms with Crippen molar-refractivity contribution in [3.63, 3.8) is 0 Å². The minimum Gasteiger partial charge on any atom is -0.478 e. The number of amides is 2. The van der Waals surface area contributed by atoms with Crippen LogP contribution in [0.15, 0.2) is 18.2 Å². The minimum absolute atomic E-state index is 0.0407. The molecule has 108 valence electrons. The molecule has 6 heteroatoms. The number of hydrogen-bond acceptors (Lipinski definition) is 2. The third kappa shape index (κ3) is 3.46. The summed E-state index contributed by atoms with van der Waals surface area (Å²) in [6.07, 6.45) is 2.87. The topological polar surface area (TPSA) is 78.4 Å². The Balaban J connectivity index is 2.03. The van der Waals surface area contributed by atoms with Gasteiger partial charge in [0.25, 0.3) is 0 Å². The molecule has 0 aliphatic heterocycles. The lowest BCUT2D eigenvalue weighted by Gasteiger charge is -2.14. The van der Waals surface area contributed by atoms with Crippen LogP contribution >= 0.6 is 0 Å². The van der Waals surface area contributed by atoms with Gasteiger partial charge in [0.15, 0.2) is 0 Å². The van der Waals surface area contributed by atoms with Crippen molar-refractivity contribution in [2.24, 2.45) is 5.92 Å². The van der Waals surface area contributed by atoms with Crippen molar-refractivity contribution in [2.45, 2.75) is 32.2 Å². The summed E-state index contributed by atoms with van der Waals surface area (Å²) in [5, 5.41) is 14.2. The van der Waals surface area contributed by atoms with Crippen molar-refractivity contribution in [3.05, 3.63) is 29.6 Å². The molecule has 5 nitrogen and oxygen atoms in total. The standard InChI is InChI=1S/C14H17FN2O3/c1-8-2-4-10(6-8)16-14(20)17-12-7-9(15)3-5-11(12)13(18)19/h3,5,7-8,10H,2,4,6H2,1H3,(H,18,19)(H2,16,17,20). The SMILES string of the molecule is CC1CCC(NC(=O)Nc2cc(F)ccc2C(=O)O)C1. The van der Waals surface area contributed by atoms with E-state index in [4.69, 9.17) is 5.11 Å². The van der Waals surface area contributed by atoms with Gasteiger partial charge in [-0.15, -0.1) is 0 Å². The van der Waals surface area contributed by atoms with E-state index in [1.807, 2.05) is 0 Å². The fourth-order valence-electron chi connectivity index (χ4n) is 2.49. The highest BCUT2D eigenvalue weighted by Crippen LogP contribution is 2.24. The van der Waals surface area contributed by atoms with Crippen LogP contribution in [0.1, 0.15) is 36.5 Å². The zero-order valence-electron chi connectivity index (χ0n) is 11.1. The average Bonchev–Trinajstić information content (AvgIpc) is 2.74.